The molecule has 1 saturated heterocycles. The van der Waals surface area contributed by atoms with Crippen molar-refractivity contribution in [2.75, 3.05) is 13.2 Å². The molecule has 0 aliphatic carbocycles. The quantitative estimate of drug-likeness (QED) is 0.744. The Bertz CT molecular complexity index is 881. The van der Waals surface area contributed by atoms with E-state index in [0.717, 1.165) is 36.0 Å². The summed E-state index contributed by atoms with van der Waals surface area (Å²) in [6.07, 6.45) is 3.19. The summed E-state index contributed by atoms with van der Waals surface area (Å²) in [5.74, 6) is -0.282. The lowest BCUT2D eigenvalue weighted by Gasteiger charge is -2.29. The van der Waals surface area contributed by atoms with Gasteiger partial charge < -0.3 is 15.0 Å². The van der Waals surface area contributed by atoms with Crippen LogP contribution in [0.25, 0.3) is 0 Å². The monoisotopic (exact) mass is 409 g/mol. The molecule has 2 aliphatic rings. The molecule has 7 nitrogen and oxygen atoms in total. The number of amides is 3. The molecule has 0 spiro atoms. The number of ether oxygens (including phenoxy) is 1. The number of hydrogen-bond donors (Lipinski definition) is 2. The molecule has 0 aromatic heterocycles. The molecule has 2 aliphatic heterocycles. The number of hydrogen-bond acceptors (Lipinski definition) is 4. The predicted molar refractivity (Wildman–Crippen MR) is 111 cm³/mol. The second-order valence-electron chi connectivity index (χ2n) is 7.64. The third kappa shape index (κ3) is 5.17. The Kier molecular flexibility index (Phi) is 6.61. The van der Waals surface area contributed by atoms with Gasteiger partial charge in [0, 0.05) is 38.2 Å². The summed E-state index contributed by atoms with van der Waals surface area (Å²) in [5, 5.41) is 2.97. The van der Waals surface area contributed by atoms with Crippen LogP contribution in [0.4, 0.5) is 4.79 Å². The van der Waals surface area contributed by atoms with E-state index >= 15 is 0 Å². The van der Waals surface area contributed by atoms with Crippen molar-refractivity contribution >= 4 is 11.9 Å². The number of carbonyl (C=O) groups is 2. The van der Waals surface area contributed by atoms with Crippen LogP contribution in [0.2, 0.25) is 0 Å². The second kappa shape index (κ2) is 9.73. The molecule has 1 atom stereocenters. The lowest BCUT2D eigenvalue weighted by atomic mass is 9.97. The lowest BCUT2D eigenvalue weighted by molar-refractivity contribution is -0.186. The normalized spacial score (nSPS) is 18.4. The highest BCUT2D eigenvalue weighted by molar-refractivity contribution is 5.93. The Balaban J connectivity index is 1.30. The van der Waals surface area contributed by atoms with E-state index in [9.17, 15) is 9.59 Å². The molecular formula is C23H27N3O4. The minimum absolute atomic E-state index is 0.0767. The average Bonchev–Trinajstić information content (AvgIpc) is 2.81. The fourth-order valence-electron chi connectivity index (χ4n) is 3.74. The van der Waals surface area contributed by atoms with Crippen molar-refractivity contribution in [3.05, 3.63) is 70.8 Å². The van der Waals surface area contributed by atoms with Crippen molar-refractivity contribution in [2.45, 2.75) is 45.1 Å². The first kappa shape index (κ1) is 20.4. The zero-order valence-corrected chi connectivity index (χ0v) is 16.9. The number of rotatable bonds is 5. The number of hydroxylamine groups is 1. The molecule has 2 aromatic rings. The summed E-state index contributed by atoms with van der Waals surface area (Å²) in [5.41, 5.74) is 6.26. The standard InChI is InChI=1S/C23H27N3O4/c27-22(25-30-21-8-4-5-13-29-21)19-9-10-20-16-26(12-11-18(20)14-19)23(28)24-15-17-6-2-1-3-7-17/h1-3,6-7,9-10,14,21H,4-5,8,11-13,15-16H2,(H,24,28)(H,25,27). The van der Waals surface area contributed by atoms with Gasteiger partial charge in [-0.15, -0.1) is 0 Å². The van der Waals surface area contributed by atoms with Crippen molar-refractivity contribution in [3.8, 4) is 0 Å². The third-order valence-corrected chi connectivity index (χ3v) is 5.48. The highest BCUT2D eigenvalue weighted by Gasteiger charge is 2.22. The van der Waals surface area contributed by atoms with Crippen molar-refractivity contribution in [1.82, 2.24) is 15.7 Å². The molecule has 158 valence electrons. The molecule has 0 radical (unpaired) electrons. The summed E-state index contributed by atoms with van der Waals surface area (Å²) in [6.45, 7) is 2.32. The SMILES string of the molecule is O=C(NOC1CCCCO1)c1ccc2c(c1)CCN(C(=O)NCc1ccccc1)C2. The van der Waals surface area contributed by atoms with Crippen LogP contribution in [0.5, 0.6) is 0 Å². The van der Waals surface area contributed by atoms with Crippen LogP contribution in [0.1, 0.15) is 46.3 Å². The Morgan fingerprint density at radius 3 is 2.77 bits per heavy atom. The molecule has 0 bridgehead atoms. The molecule has 2 N–H and O–H groups in total. The van der Waals surface area contributed by atoms with Gasteiger partial charge in [-0.2, -0.15) is 0 Å². The molecular weight excluding hydrogens is 382 g/mol. The first-order valence-corrected chi connectivity index (χ1v) is 10.4. The van der Waals surface area contributed by atoms with Gasteiger partial charge in [0.15, 0.2) is 6.29 Å². The van der Waals surface area contributed by atoms with Gasteiger partial charge in [-0.3, -0.25) is 4.79 Å². The number of fused-ring (bicyclic) bond motifs is 1. The maximum atomic E-state index is 12.5. The number of nitrogens with zero attached hydrogens (tertiary/aromatic N) is 1. The molecule has 0 saturated carbocycles. The molecule has 2 aromatic carbocycles. The third-order valence-electron chi connectivity index (χ3n) is 5.48. The van der Waals surface area contributed by atoms with Crippen molar-refractivity contribution in [1.29, 1.82) is 0 Å². The van der Waals surface area contributed by atoms with Gasteiger partial charge in [0.2, 0.25) is 0 Å². The van der Waals surface area contributed by atoms with Gasteiger partial charge in [-0.25, -0.2) is 15.1 Å². The summed E-state index contributed by atoms with van der Waals surface area (Å²) < 4.78 is 5.46. The van der Waals surface area contributed by atoms with Gasteiger partial charge in [-0.05, 0) is 48.1 Å². The van der Waals surface area contributed by atoms with Crippen LogP contribution in [0.15, 0.2) is 48.5 Å². The van der Waals surface area contributed by atoms with E-state index in [2.05, 4.69) is 10.8 Å². The molecule has 7 heteroatoms. The van der Waals surface area contributed by atoms with E-state index in [1.807, 2.05) is 42.5 Å². The van der Waals surface area contributed by atoms with Crippen molar-refractivity contribution in [3.63, 3.8) is 0 Å². The molecule has 1 unspecified atom stereocenters. The fraction of sp³-hybridized carbons (Fsp3) is 0.391. The van der Waals surface area contributed by atoms with Gasteiger partial charge in [-0.1, -0.05) is 36.4 Å². The number of benzene rings is 2. The first-order valence-electron chi connectivity index (χ1n) is 10.4. The molecule has 4 rings (SSSR count). The average molecular weight is 409 g/mol. The first-order chi connectivity index (χ1) is 14.7. The summed E-state index contributed by atoms with van der Waals surface area (Å²) in [4.78, 5) is 32.1. The summed E-state index contributed by atoms with van der Waals surface area (Å²) in [6, 6.07) is 15.3. The highest BCUT2D eigenvalue weighted by atomic mass is 16.8. The Morgan fingerprint density at radius 1 is 1.10 bits per heavy atom. The van der Waals surface area contributed by atoms with E-state index in [1.54, 1.807) is 11.0 Å². The van der Waals surface area contributed by atoms with Crippen LogP contribution in [0.3, 0.4) is 0 Å². The largest absolute Gasteiger partial charge is 0.350 e. The smallest absolute Gasteiger partial charge is 0.317 e. The van der Waals surface area contributed by atoms with Gasteiger partial charge >= 0.3 is 6.03 Å². The summed E-state index contributed by atoms with van der Waals surface area (Å²) in [7, 11) is 0. The van der Waals surface area contributed by atoms with Crippen LogP contribution in [0, 0.1) is 0 Å². The summed E-state index contributed by atoms with van der Waals surface area (Å²) >= 11 is 0. The van der Waals surface area contributed by atoms with Crippen molar-refractivity contribution in [2.24, 2.45) is 0 Å². The Hall–Kier alpha value is -2.90. The van der Waals surface area contributed by atoms with Gasteiger partial charge in [0.1, 0.15) is 0 Å². The molecule has 2 heterocycles. The fourth-order valence-corrected chi connectivity index (χ4v) is 3.74. The van der Waals surface area contributed by atoms with Gasteiger partial charge in [0.25, 0.3) is 5.91 Å². The van der Waals surface area contributed by atoms with Crippen LogP contribution >= 0.6 is 0 Å². The van der Waals surface area contributed by atoms with Crippen molar-refractivity contribution < 1.29 is 19.2 Å². The Morgan fingerprint density at radius 2 is 1.97 bits per heavy atom. The molecule has 30 heavy (non-hydrogen) atoms. The van der Waals surface area contributed by atoms with E-state index in [4.69, 9.17) is 9.57 Å². The molecule has 1 fully saturated rings. The van der Waals surface area contributed by atoms with Crippen LogP contribution in [-0.4, -0.2) is 36.3 Å². The zero-order valence-electron chi connectivity index (χ0n) is 16.9. The topological polar surface area (TPSA) is 79.9 Å². The highest BCUT2D eigenvalue weighted by Crippen LogP contribution is 2.21. The lowest BCUT2D eigenvalue weighted by Crippen LogP contribution is -2.42. The predicted octanol–water partition coefficient (Wildman–Crippen LogP) is 3.14. The molecule has 3 amide bonds. The van der Waals surface area contributed by atoms with E-state index < -0.39 is 0 Å². The maximum Gasteiger partial charge on any atom is 0.317 e. The Labute approximate surface area is 176 Å². The van der Waals surface area contributed by atoms with E-state index in [1.165, 1.54) is 0 Å². The van der Waals surface area contributed by atoms with Crippen LogP contribution in [-0.2, 0) is 29.1 Å². The number of urea groups is 1. The van der Waals surface area contributed by atoms with Gasteiger partial charge in [0.05, 0.1) is 0 Å². The van der Waals surface area contributed by atoms with E-state index in [-0.39, 0.29) is 18.2 Å². The zero-order chi connectivity index (χ0) is 20.8. The number of carbonyl (C=O) groups excluding carboxylic acids is 2. The van der Waals surface area contributed by atoms with E-state index in [0.29, 0.717) is 38.2 Å². The minimum Gasteiger partial charge on any atom is -0.350 e. The van der Waals surface area contributed by atoms with Crippen LogP contribution < -0.4 is 10.8 Å². The minimum atomic E-state index is -0.372. The second-order valence-corrected chi connectivity index (χ2v) is 7.64. The maximum absolute atomic E-state index is 12.5. The number of nitrogens with one attached hydrogen (secondary N) is 2.